The highest BCUT2D eigenvalue weighted by atomic mass is 32.2. The number of thioether (sulfide) groups is 1. The van der Waals surface area contributed by atoms with E-state index in [0.29, 0.717) is 40.0 Å². The van der Waals surface area contributed by atoms with Crippen molar-refractivity contribution in [1.29, 1.82) is 0 Å². The van der Waals surface area contributed by atoms with Crippen LogP contribution in [0.1, 0.15) is 57.4 Å². The normalized spacial score (nSPS) is 12.0. The van der Waals surface area contributed by atoms with Crippen LogP contribution in [0.2, 0.25) is 0 Å². The summed E-state index contributed by atoms with van der Waals surface area (Å²) in [5.74, 6) is 1.09. The van der Waals surface area contributed by atoms with Gasteiger partial charge >= 0.3 is 0 Å². The number of aromatic nitrogens is 3. The molecule has 1 aromatic carbocycles. The number of hydrogen-bond acceptors (Lipinski definition) is 7. The number of carbonyl (C=O) groups excluding carboxylic acids is 2. The lowest BCUT2D eigenvalue weighted by molar-refractivity contribution is 0.0988. The predicted molar refractivity (Wildman–Crippen MR) is 110 cm³/mol. The molecular weight excluding hydrogens is 390 g/mol. The van der Waals surface area contributed by atoms with Crippen molar-refractivity contribution in [2.75, 3.05) is 7.11 Å². The second kappa shape index (κ2) is 8.65. The minimum absolute atomic E-state index is 0.0596. The van der Waals surface area contributed by atoms with Gasteiger partial charge in [-0.1, -0.05) is 23.9 Å². The van der Waals surface area contributed by atoms with Gasteiger partial charge in [0.05, 0.1) is 24.5 Å². The molecule has 8 heteroatoms. The third-order valence-electron chi connectivity index (χ3n) is 4.65. The van der Waals surface area contributed by atoms with E-state index in [2.05, 4.69) is 15.2 Å². The van der Waals surface area contributed by atoms with Crippen LogP contribution in [0.25, 0.3) is 0 Å². The first kappa shape index (κ1) is 20.9. The molecule has 0 saturated heterocycles. The molecule has 3 rings (SSSR count). The largest absolute Gasteiger partial charge is 0.497 e. The number of H-pyrrole nitrogens is 1. The van der Waals surface area contributed by atoms with Gasteiger partial charge in [0.1, 0.15) is 5.75 Å². The monoisotopic (exact) mass is 413 g/mol. The second-order valence-electron chi connectivity index (χ2n) is 6.79. The van der Waals surface area contributed by atoms with Gasteiger partial charge in [0, 0.05) is 11.3 Å². The number of aromatic amines is 1. The molecule has 1 N–H and O–H groups in total. The third-order valence-corrected chi connectivity index (χ3v) is 5.58. The number of carbonyl (C=O) groups is 2. The van der Waals surface area contributed by atoms with Gasteiger partial charge in [0.25, 0.3) is 5.22 Å². The summed E-state index contributed by atoms with van der Waals surface area (Å²) in [6.07, 6.45) is 0.497. The van der Waals surface area contributed by atoms with Gasteiger partial charge in [0.2, 0.25) is 5.89 Å². The molecule has 0 bridgehead atoms. The Kier molecular flexibility index (Phi) is 6.22. The summed E-state index contributed by atoms with van der Waals surface area (Å²) < 4.78 is 10.8. The highest BCUT2D eigenvalue weighted by molar-refractivity contribution is 8.00. The molecule has 1 unspecified atom stereocenters. The Hall–Kier alpha value is -2.87. The molecule has 0 aliphatic carbocycles. The lowest BCUT2D eigenvalue weighted by Crippen LogP contribution is -2.15. The molecule has 0 spiro atoms. The Labute approximate surface area is 173 Å². The van der Waals surface area contributed by atoms with Crippen molar-refractivity contribution in [1.82, 2.24) is 15.2 Å². The van der Waals surface area contributed by atoms with Crippen molar-refractivity contribution in [3.05, 3.63) is 58.2 Å². The molecule has 0 aliphatic heterocycles. The molecule has 0 saturated carbocycles. The molecule has 1 atom stereocenters. The number of nitrogens with zero attached hydrogens (tertiary/aromatic N) is 2. The van der Waals surface area contributed by atoms with Gasteiger partial charge in [-0.3, -0.25) is 9.59 Å². The molecule has 2 aromatic heterocycles. The standard InChI is InChI=1S/C21H23N3O4S/c1-11-18(13(3)25)12(2)22-19(11)20(26)14(4)29-21-24-23-17(28-21)10-15-6-8-16(27-5)9-7-15/h6-9,14,22H,10H2,1-5H3. The van der Waals surface area contributed by atoms with Crippen LogP contribution in [0.4, 0.5) is 0 Å². The summed E-state index contributed by atoms with van der Waals surface area (Å²) >= 11 is 1.20. The van der Waals surface area contributed by atoms with E-state index >= 15 is 0 Å². The Morgan fingerprint density at radius 1 is 1.21 bits per heavy atom. The number of nitrogens with one attached hydrogen (secondary N) is 1. The number of methoxy groups -OCH3 is 1. The van der Waals surface area contributed by atoms with Gasteiger partial charge in [-0.25, -0.2) is 0 Å². The quantitative estimate of drug-likeness (QED) is 0.437. The fraction of sp³-hybridized carbons (Fsp3) is 0.333. The van der Waals surface area contributed by atoms with Gasteiger partial charge < -0.3 is 14.1 Å². The van der Waals surface area contributed by atoms with Crippen LogP contribution < -0.4 is 4.74 Å². The summed E-state index contributed by atoms with van der Waals surface area (Å²) in [4.78, 5) is 27.7. The summed E-state index contributed by atoms with van der Waals surface area (Å²) in [7, 11) is 1.62. The lowest BCUT2D eigenvalue weighted by atomic mass is 10.0. The van der Waals surface area contributed by atoms with Crippen molar-refractivity contribution < 1.29 is 18.7 Å². The minimum atomic E-state index is -0.444. The molecular formula is C21H23N3O4S. The van der Waals surface area contributed by atoms with Crippen LogP contribution in [0.5, 0.6) is 5.75 Å². The highest BCUT2D eigenvalue weighted by Crippen LogP contribution is 2.27. The number of Topliss-reactive ketones (excluding diaryl/α,β-unsaturated/α-hetero) is 2. The van der Waals surface area contributed by atoms with Crippen molar-refractivity contribution >= 4 is 23.3 Å². The number of aryl methyl sites for hydroxylation is 1. The Balaban J connectivity index is 1.68. The fourth-order valence-corrected chi connectivity index (χ4v) is 3.97. The molecule has 0 aliphatic rings. The van der Waals surface area contributed by atoms with Crippen LogP contribution >= 0.6 is 11.8 Å². The Morgan fingerprint density at radius 3 is 2.48 bits per heavy atom. The molecule has 0 radical (unpaired) electrons. The maximum atomic E-state index is 12.9. The zero-order valence-electron chi connectivity index (χ0n) is 17.0. The molecule has 0 fully saturated rings. The summed E-state index contributed by atoms with van der Waals surface area (Å²) in [5, 5.41) is 8.00. The van der Waals surface area contributed by atoms with Crippen LogP contribution in [0.3, 0.4) is 0 Å². The maximum absolute atomic E-state index is 12.9. The first-order valence-corrected chi connectivity index (χ1v) is 10.0. The predicted octanol–water partition coefficient (Wildman–Crippen LogP) is 4.18. The van der Waals surface area contributed by atoms with Gasteiger partial charge in [0.15, 0.2) is 11.6 Å². The van der Waals surface area contributed by atoms with Crippen molar-refractivity contribution in [2.45, 2.75) is 44.6 Å². The average Bonchev–Trinajstić information content (AvgIpc) is 3.24. The molecule has 3 aromatic rings. The maximum Gasteiger partial charge on any atom is 0.277 e. The SMILES string of the molecule is COc1ccc(Cc2nnc(SC(C)C(=O)c3[nH]c(C)c(C(C)=O)c3C)o2)cc1. The Bertz CT molecular complexity index is 1040. The highest BCUT2D eigenvalue weighted by Gasteiger charge is 2.25. The number of rotatable bonds is 8. The van der Waals surface area contributed by atoms with Crippen molar-refractivity contribution in [2.24, 2.45) is 0 Å². The van der Waals surface area contributed by atoms with Crippen LogP contribution in [0.15, 0.2) is 33.9 Å². The first-order chi connectivity index (χ1) is 13.8. The van der Waals surface area contributed by atoms with Gasteiger partial charge in [-0.15, -0.1) is 10.2 Å². The van der Waals surface area contributed by atoms with E-state index in [-0.39, 0.29) is 11.6 Å². The lowest BCUT2D eigenvalue weighted by Gasteiger charge is -2.07. The van der Waals surface area contributed by atoms with E-state index < -0.39 is 5.25 Å². The van der Waals surface area contributed by atoms with Crippen LogP contribution in [0, 0.1) is 13.8 Å². The molecule has 2 heterocycles. The van der Waals surface area contributed by atoms with E-state index in [1.807, 2.05) is 24.3 Å². The van der Waals surface area contributed by atoms with Crippen molar-refractivity contribution in [3.8, 4) is 5.75 Å². The zero-order valence-corrected chi connectivity index (χ0v) is 17.8. The Morgan fingerprint density at radius 2 is 1.90 bits per heavy atom. The molecule has 0 amide bonds. The zero-order chi connectivity index (χ0) is 21.1. The first-order valence-electron chi connectivity index (χ1n) is 9.16. The molecule has 7 nitrogen and oxygen atoms in total. The number of ether oxygens (including phenoxy) is 1. The number of benzene rings is 1. The summed E-state index contributed by atoms with van der Waals surface area (Å²) in [6, 6.07) is 7.62. The minimum Gasteiger partial charge on any atom is -0.497 e. The second-order valence-corrected chi connectivity index (χ2v) is 8.08. The summed E-state index contributed by atoms with van der Waals surface area (Å²) in [6.45, 7) is 6.86. The average molecular weight is 413 g/mol. The topological polar surface area (TPSA) is 98.1 Å². The molecule has 152 valence electrons. The van der Waals surface area contributed by atoms with E-state index in [1.165, 1.54) is 18.7 Å². The van der Waals surface area contributed by atoms with Crippen molar-refractivity contribution in [3.63, 3.8) is 0 Å². The van der Waals surface area contributed by atoms with E-state index in [1.54, 1.807) is 27.9 Å². The van der Waals surface area contributed by atoms with Gasteiger partial charge in [-0.2, -0.15) is 0 Å². The molecule has 29 heavy (non-hydrogen) atoms. The van der Waals surface area contributed by atoms with Crippen LogP contribution in [-0.4, -0.2) is 39.1 Å². The van der Waals surface area contributed by atoms with E-state index in [0.717, 1.165) is 11.3 Å². The number of ketones is 2. The smallest absolute Gasteiger partial charge is 0.277 e. The van der Waals surface area contributed by atoms with E-state index in [4.69, 9.17) is 9.15 Å². The van der Waals surface area contributed by atoms with Gasteiger partial charge in [-0.05, 0) is 51.0 Å². The number of hydrogen-bond donors (Lipinski definition) is 1. The van der Waals surface area contributed by atoms with E-state index in [9.17, 15) is 9.59 Å². The third kappa shape index (κ3) is 4.59. The fourth-order valence-electron chi connectivity index (χ4n) is 3.21. The van der Waals surface area contributed by atoms with Crippen LogP contribution in [-0.2, 0) is 6.42 Å². The summed E-state index contributed by atoms with van der Waals surface area (Å²) in [5.41, 5.74) is 3.42.